The van der Waals surface area contributed by atoms with Gasteiger partial charge in [-0.3, -0.25) is 14.4 Å². The monoisotopic (exact) mass is 371 g/mol. The van der Waals surface area contributed by atoms with Crippen molar-refractivity contribution in [1.82, 2.24) is 10.3 Å². The molecule has 142 valence electrons. The van der Waals surface area contributed by atoms with Gasteiger partial charge in [-0.1, -0.05) is 25.1 Å². The number of nitrogens with one attached hydrogen (secondary N) is 3. The summed E-state index contributed by atoms with van der Waals surface area (Å²) in [7, 11) is 0. The van der Waals surface area contributed by atoms with Crippen molar-refractivity contribution in [2.75, 3.05) is 18.5 Å². The number of hydrogen-bond donors (Lipinski definition) is 3. The molecule has 1 aromatic heterocycles. The summed E-state index contributed by atoms with van der Waals surface area (Å²) < 4.78 is 4.84. The SMILES string of the molecule is CCc1ccccc1NC(=O)CNC(=O)COC(=O)c1cc(C(C)=O)c[nH]1. The van der Waals surface area contributed by atoms with E-state index in [9.17, 15) is 19.2 Å². The molecule has 2 rings (SSSR count). The summed E-state index contributed by atoms with van der Waals surface area (Å²) in [6.07, 6.45) is 2.15. The number of aromatic nitrogens is 1. The van der Waals surface area contributed by atoms with Gasteiger partial charge in [-0.2, -0.15) is 0 Å². The van der Waals surface area contributed by atoms with Crippen LogP contribution in [-0.2, 0) is 20.7 Å². The second-order valence-electron chi connectivity index (χ2n) is 5.77. The maximum absolute atomic E-state index is 11.9. The maximum atomic E-state index is 11.9. The summed E-state index contributed by atoms with van der Waals surface area (Å²) in [5.41, 5.74) is 2.10. The number of amides is 2. The molecule has 0 bridgehead atoms. The van der Waals surface area contributed by atoms with Gasteiger partial charge in [-0.15, -0.1) is 0 Å². The van der Waals surface area contributed by atoms with Crippen LogP contribution in [0.5, 0.6) is 0 Å². The molecule has 0 spiro atoms. The number of para-hydroxylation sites is 1. The van der Waals surface area contributed by atoms with E-state index in [0.29, 0.717) is 11.3 Å². The van der Waals surface area contributed by atoms with Crippen molar-refractivity contribution in [3.63, 3.8) is 0 Å². The summed E-state index contributed by atoms with van der Waals surface area (Å²) >= 11 is 0. The van der Waals surface area contributed by atoms with Crippen molar-refractivity contribution in [3.05, 3.63) is 53.3 Å². The quantitative estimate of drug-likeness (QED) is 0.482. The predicted molar refractivity (Wildman–Crippen MR) is 98.5 cm³/mol. The molecule has 0 aliphatic carbocycles. The number of carbonyl (C=O) groups excluding carboxylic acids is 4. The number of ether oxygens (including phenoxy) is 1. The Morgan fingerprint density at radius 2 is 1.85 bits per heavy atom. The fourth-order valence-electron chi connectivity index (χ4n) is 2.30. The predicted octanol–water partition coefficient (Wildman–Crippen LogP) is 1.69. The number of benzene rings is 1. The zero-order valence-electron chi connectivity index (χ0n) is 15.1. The van der Waals surface area contributed by atoms with E-state index in [1.165, 1.54) is 19.2 Å². The van der Waals surface area contributed by atoms with E-state index in [2.05, 4.69) is 15.6 Å². The van der Waals surface area contributed by atoms with Gasteiger partial charge in [-0.25, -0.2) is 4.79 Å². The highest BCUT2D eigenvalue weighted by molar-refractivity contribution is 5.98. The first-order chi connectivity index (χ1) is 12.9. The number of rotatable bonds is 8. The van der Waals surface area contributed by atoms with Gasteiger partial charge < -0.3 is 20.4 Å². The Morgan fingerprint density at radius 3 is 2.52 bits per heavy atom. The highest BCUT2D eigenvalue weighted by Crippen LogP contribution is 2.14. The standard InChI is InChI=1S/C19H21N3O5/c1-3-13-6-4-5-7-15(13)22-17(24)10-21-18(25)11-27-19(26)16-8-14(9-20-16)12(2)23/h4-9,20H,3,10-11H2,1-2H3,(H,21,25)(H,22,24). The molecule has 0 atom stereocenters. The molecule has 0 fully saturated rings. The van der Waals surface area contributed by atoms with E-state index in [1.54, 1.807) is 6.07 Å². The lowest BCUT2D eigenvalue weighted by Gasteiger charge is -2.10. The first-order valence-electron chi connectivity index (χ1n) is 8.41. The fraction of sp³-hybridized carbons (Fsp3) is 0.263. The van der Waals surface area contributed by atoms with Crippen LogP contribution in [0.2, 0.25) is 0 Å². The molecular formula is C19H21N3O5. The number of aryl methyl sites for hydroxylation is 1. The van der Waals surface area contributed by atoms with Gasteiger partial charge >= 0.3 is 5.97 Å². The van der Waals surface area contributed by atoms with Gasteiger partial charge in [-0.05, 0) is 31.0 Å². The summed E-state index contributed by atoms with van der Waals surface area (Å²) in [5.74, 6) is -1.95. The van der Waals surface area contributed by atoms with E-state index in [4.69, 9.17) is 4.74 Å². The van der Waals surface area contributed by atoms with Crippen molar-refractivity contribution >= 4 is 29.3 Å². The molecule has 2 amide bonds. The molecule has 0 radical (unpaired) electrons. The molecule has 2 aromatic rings. The van der Waals surface area contributed by atoms with Crippen LogP contribution in [0, 0.1) is 0 Å². The Morgan fingerprint density at radius 1 is 1.11 bits per heavy atom. The smallest absolute Gasteiger partial charge is 0.355 e. The number of H-pyrrole nitrogens is 1. The third kappa shape index (κ3) is 5.81. The second-order valence-corrected chi connectivity index (χ2v) is 5.77. The minimum absolute atomic E-state index is 0.0712. The molecule has 0 saturated carbocycles. The van der Waals surface area contributed by atoms with Crippen molar-refractivity contribution < 1.29 is 23.9 Å². The normalized spacial score (nSPS) is 10.1. The van der Waals surface area contributed by atoms with Gasteiger partial charge in [0.2, 0.25) is 5.91 Å². The maximum Gasteiger partial charge on any atom is 0.355 e. The topological polar surface area (TPSA) is 117 Å². The zero-order chi connectivity index (χ0) is 19.8. The van der Waals surface area contributed by atoms with Gasteiger partial charge in [0.05, 0.1) is 6.54 Å². The lowest BCUT2D eigenvalue weighted by atomic mass is 10.1. The minimum atomic E-state index is -0.765. The van der Waals surface area contributed by atoms with Gasteiger partial charge in [0.25, 0.3) is 5.91 Å². The van der Waals surface area contributed by atoms with E-state index in [1.807, 2.05) is 25.1 Å². The van der Waals surface area contributed by atoms with Gasteiger partial charge in [0, 0.05) is 17.4 Å². The molecule has 3 N–H and O–H groups in total. The number of ketones is 1. The van der Waals surface area contributed by atoms with Crippen LogP contribution in [0.4, 0.5) is 5.69 Å². The molecule has 8 heteroatoms. The van der Waals surface area contributed by atoms with Crippen LogP contribution in [0.3, 0.4) is 0 Å². The summed E-state index contributed by atoms with van der Waals surface area (Å²) in [4.78, 5) is 49.3. The molecule has 0 aliphatic rings. The summed E-state index contributed by atoms with van der Waals surface area (Å²) in [6, 6.07) is 8.73. The van der Waals surface area contributed by atoms with Gasteiger partial charge in [0.15, 0.2) is 12.4 Å². The average Bonchev–Trinajstić information content (AvgIpc) is 3.15. The van der Waals surface area contributed by atoms with Crippen LogP contribution in [-0.4, -0.2) is 41.7 Å². The molecule has 0 aliphatic heterocycles. The number of aromatic amines is 1. The summed E-state index contributed by atoms with van der Waals surface area (Å²) in [5, 5.41) is 5.10. The highest BCUT2D eigenvalue weighted by atomic mass is 16.5. The molecular weight excluding hydrogens is 350 g/mol. The van der Waals surface area contributed by atoms with Crippen LogP contribution >= 0.6 is 0 Å². The second kappa shape index (κ2) is 9.33. The Balaban J connectivity index is 1.76. The number of esters is 1. The van der Waals surface area contributed by atoms with E-state index in [0.717, 1.165) is 12.0 Å². The van der Waals surface area contributed by atoms with Crippen LogP contribution < -0.4 is 10.6 Å². The van der Waals surface area contributed by atoms with Crippen molar-refractivity contribution in [1.29, 1.82) is 0 Å². The van der Waals surface area contributed by atoms with Crippen LogP contribution in [0.25, 0.3) is 0 Å². The van der Waals surface area contributed by atoms with E-state index < -0.39 is 18.5 Å². The molecule has 1 heterocycles. The van der Waals surface area contributed by atoms with Crippen molar-refractivity contribution in [2.24, 2.45) is 0 Å². The molecule has 27 heavy (non-hydrogen) atoms. The largest absolute Gasteiger partial charge is 0.451 e. The Hall–Kier alpha value is -3.42. The lowest BCUT2D eigenvalue weighted by molar-refractivity contribution is -0.126. The zero-order valence-corrected chi connectivity index (χ0v) is 15.1. The first kappa shape index (κ1) is 19.9. The fourth-order valence-corrected chi connectivity index (χ4v) is 2.30. The number of Topliss-reactive ketones (excluding diaryl/α,β-unsaturated/α-hetero) is 1. The average molecular weight is 371 g/mol. The number of hydrogen-bond acceptors (Lipinski definition) is 5. The highest BCUT2D eigenvalue weighted by Gasteiger charge is 2.14. The molecule has 0 unspecified atom stereocenters. The van der Waals surface area contributed by atoms with Crippen molar-refractivity contribution in [2.45, 2.75) is 20.3 Å². The molecule has 0 saturated heterocycles. The first-order valence-corrected chi connectivity index (χ1v) is 8.41. The Bertz CT molecular complexity index is 857. The number of carbonyl (C=O) groups is 4. The Kier molecular flexibility index (Phi) is 6.87. The van der Waals surface area contributed by atoms with Crippen molar-refractivity contribution in [3.8, 4) is 0 Å². The number of anilines is 1. The van der Waals surface area contributed by atoms with Gasteiger partial charge in [0.1, 0.15) is 5.69 Å². The molecule has 8 nitrogen and oxygen atoms in total. The Labute approximate surface area is 156 Å². The van der Waals surface area contributed by atoms with E-state index in [-0.39, 0.29) is 23.9 Å². The molecule has 1 aromatic carbocycles. The lowest BCUT2D eigenvalue weighted by Crippen LogP contribution is -2.35. The van der Waals surface area contributed by atoms with Crippen LogP contribution in [0.1, 0.15) is 40.3 Å². The third-order valence-electron chi connectivity index (χ3n) is 3.76. The summed E-state index contributed by atoms with van der Waals surface area (Å²) in [6.45, 7) is 2.57. The van der Waals surface area contributed by atoms with Crippen LogP contribution in [0.15, 0.2) is 36.5 Å². The third-order valence-corrected chi connectivity index (χ3v) is 3.76. The minimum Gasteiger partial charge on any atom is -0.451 e. The van der Waals surface area contributed by atoms with E-state index >= 15 is 0 Å².